The molecule has 1 aromatic carbocycles. The second-order valence-electron chi connectivity index (χ2n) is 13.3. The Morgan fingerprint density at radius 1 is 1.05 bits per heavy atom. The zero-order chi connectivity index (χ0) is 27.4. The molecule has 0 bridgehead atoms. The number of hydrogen-bond donors (Lipinski definition) is 0. The molecule has 0 N–H and O–H groups in total. The van der Waals surface area contributed by atoms with Crippen LogP contribution in [0.3, 0.4) is 0 Å². The second kappa shape index (κ2) is 10.1. The zero-order valence-electron chi connectivity index (χ0n) is 24.4. The maximum Gasteiger partial charge on any atom is 0.310 e. The molecule has 1 heterocycles. The molecule has 3 saturated carbocycles. The minimum Gasteiger partial charge on any atom is -0.493 e. The quantitative estimate of drug-likeness (QED) is 0.433. The first-order chi connectivity index (χ1) is 18.0. The fourth-order valence-corrected chi connectivity index (χ4v) is 10.0. The molecule has 1 amide bonds. The van der Waals surface area contributed by atoms with Crippen LogP contribution in [0.4, 0.5) is 0 Å². The van der Waals surface area contributed by atoms with Crippen LogP contribution in [0, 0.1) is 40.4 Å². The van der Waals surface area contributed by atoms with Crippen molar-refractivity contribution in [3.05, 3.63) is 23.8 Å². The van der Waals surface area contributed by atoms with E-state index in [9.17, 15) is 9.59 Å². The second-order valence-corrected chi connectivity index (χ2v) is 13.3. The first-order valence-corrected chi connectivity index (χ1v) is 14.7. The molecular weight excluding hydrogens is 478 g/mol. The number of methoxy groups -OCH3 is 2. The van der Waals surface area contributed by atoms with Gasteiger partial charge < -0.3 is 19.1 Å². The van der Waals surface area contributed by atoms with Gasteiger partial charge >= 0.3 is 5.97 Å². The Balaban J connectivity index is 1.29. The van der Waals surface area contributed by atoms with E-state index in [-0.39, 0.29) is 29.3 Å². The lowest BCUT2D eigenvalue weighted by molar-refractivity contribution is -0.164. The van der Waals surface area contributed by atoms with Crippen molar-refractivity contribution in [1.82, 2.24) is 4.90 Å². The lowest BCUT2D eigenvalue weighted by atomic mass is 9.46. The van der Waals surface area contributed by atoms with Gasteiger partial charge in [0.1, 0.15) is 6.10 Å². The van der Waals surface area contributed by atoms with Gasteiger partial charge in [0.05, 0.1) is 20.6 Å². The summed E-state index contributed by atoms with van der Waals surface area (Å²) in [6, 6.07) is 5.98. The van der Waals surface area contributed by atoms with E-state index in [4.69, 9.17) is 14.2 Å². The third kappa shape index (κ3) is 4.30. The van der Waals surface area contributed by atoms with Crippen molar-refractivity contribution < 1.29 is 23.8 Å². The van der Waals surface area contributed by atoms with Gasteiger partial charge in [-0.15, -0.1) is 0 Å². The molecule has 1 aromatic rings. The maximum absolute atomic E-state index is 13.1. The fourth-order valence-electron chi connectivity index (χ4n) is 10.0. The molecule has 9 atom stereocenters. The van der Waals surface area contributed by atoms with Crippen LogP contribution in [-0.4, -0.2) is 50.2 Å². The Labute approximate surface area is 228 Å². The summed E-state index contributed by atoms with van der Waals surface area (Å²) in [6.45, 7) is 9.47. The van der Waals surface area contributed by atoms with Crippen LogP contribution in [0.25, 0.3) is 0 Å². The highest BCUT2D eigenvalue weighted by Crippen LogP contribution is 2.67. The molecule has 210 valence electrons. The van der Waals surface area contributed by atoms with Gasteiger partial charge in [0.2, 0.25) is 5.91 Å². The Morgan fingerprint density at radius 2 is 1.79 bits per heavy atom. The van der Waals surface area contributed by atoms with E-state index in [0.717, 1.165) is 18.4 Å². The van der Waals surface area contributed by atoms with E-state index in [1.165, 1.54) is 25.7 Å². The van der Waals surface area contributed by atoms with Gasteiger partial charge in [-0.3, -0.25) is 9.59 Å². The number of rotatable bonds is 6. The average Bonchev–Trinajstić information content (AvgIpc) is 3.16. The molecule has 4 fully saturated rings. The summed E-state index contributed by atoms with van der Waals surface area (Å²) in [5, 5.41) is 0. The van der Waals surface area contributed by atoms with Crippen LogP contribution >= 0.6 is 0 Å². The third-order valence-corrected chi connectivity index (χ3v) is 11.6. The Bertz CT molecular complexity index is 1070. The first kappa shape index (κ1) is 27.3. The van der Waals surface area contributed by atoms with Gasteiger partial charge in [-0.25, -0.2) is 0 Å². The van der Waals surface area contributed by atoms with Gasteiger partial charge in [0.15, 0.2) is 11.5 Å². The number of benzene rings is 1. The summed E-state index contributed by atoms with van der Waals surface area (Å²) < 4.78 is 16.9. The summed E-state index contributed by atoms with van der Waals surface area (Å²) in [6.07, 6.45) is 7.81. The SMILES string of the molecule is COc1ccc(CC(=O)OC(C)[C@H]2C(C)C[C@H]3[C@@H]4CC[C@H]5N(C)C(=O)CC[C@]5(C)[C@H]4CC[C@]23C)cc1OC. The van der Waals surface area contributed by atoms with Crippen molar-refractivity contribution in [2.24, 2.45) is 40.4 Å². The molecule has 4 aliphatic rings. The van der Waals surface area contributed by atoms with Crippen molar-refractivity contribution in [2.45, 2.75) is 91.2 Å². The van der Waals surface area contributed by atoms with Crippen LogP contribution < -0.4 is 9.47 Å². The van der Waals surface area contributed by atoms with Gasteiger partial charge in [0, 0.05) is 25.4 Å². The molecule has 0 spiro atoms. The molecule has 0 aromatic heterocycles. The van der Waals surface area contributed by atoms with E-state index < -0.39 is 0 Å². The molecule has 6 heteroatoms. The van der Waals surface area contributed by atoms with E-state index in [1.807, 2.05) is 25.2 Å². The molecule has 0 radical (unpaired) electrons. The number of fused-ring (bicyclic) bond motifs is 5. The van der Waals surface area contributed by atoms with Gasteiger partial charge in [-0.1, -0.05) is 26.8 Å². The summed E-state index contributed by atoms with van der Waals surface area (Å²) >= 11 is 0. The third-order valence-electron chi connectivity index (χ3n) is 11.6. The van der Waals surface area contributed by atoms with Crippen LogP contribution in [0.1, 0.15) is 78.2 Å². The molecule has 6 nitrogen and oxygen atoms in total. The Hall–Kier alpha value is -2.24. The molecule has 3 aliphatic carbocycles. The predicted molar refractivity (Wildman–Crippen MR) is 147 cm³/mol. The van der Waals surface area contributed by atoms with Crippen LogP contribution in [-0.2, 0) is 20.7 Å². The zero-order valence-corrected chi connectivity index (χ0v) is 24.4. The lowest BCUT2D eigenvalue weighted by Gasteiger charge is -2.62. The summed E-state index contributed by atoms with van der Waals surface area (Å²) in [4.78, 5) is 27.6. The number of hydrogen-bond acceptors (Lipinski definition) is 5. The van der Waals surface area contributed by atoms with Crippen molar-refractivity contribution in [3.8, 4) is 11.5 Å². The van der Waals surface area contributed by atoms with Crippen molar-refractivity contribution in [2.75, 3.05) is 21.3 Å². The van der Waals surface area contributed by atoms with Crippen molar-refractivity contribution in [3.63, 3.8) is 0 Å². The molecule has 2 unspecified atom stereocenters. The number of esters is 1. The summed E-state index contributed by atoms with van der Waals surface area (Å²) in [5.41, 5.74) is 1.28. The molecule has 1 saturated heterocycles. The standard InChI is InChI=1S/C32H47NO5/c1-19-16-24-22-9-11-27-31(3,15-13-28(34)33(27)5)23(22)12-14-32(24,4)30(19)20(2)38-29(35)18-21-8-10-25(36-6)26(17-21)37-7/h8,10,17,19-20,22-24,27,30H,9,11-16,18H2,1-7H3/t19?,20?,22-,23+,24+,27-,30-,31-,32+/m1/s1. The Morgan fingerprint density at radius 3 is 2.50 bits per heavy atom. The van der Waals surface area contributed by atoms with Gasteiger partial charge in [-0.05, 0) is 97.6 Å². The van der Waals surface area contributed by atoms with Crippen LogP contribution in [0.5, 0.6) is 11.5 Å². The monoisotopic (exact) mass is 525 g/mol. The molecule has 1 aliphatic heterocycles. The minimum absolute atomic E-state index is 0.116. The largest absolute Gasteiger partial charge is 0.493 e. The van der Waals surface area contributed by atoms with E-state index in [1.54, 1.807) is 14.2 Å². The number of nitrogens with zero attached hydrogens (tertiary/aromatic N) is 1. The average molecular weight is 526 g/mol. The van der Waals surface area contributed by atoms with E-state index in [2.05, 4.69) is 32.6 Å². The molecule has 38 heavy (non-hydrogen) atoms. The van der Waals surface area contributed by atoms with E-state index >= 15 is 0 Å². The van der Waals surface area contributed by atoms with Gasteiger partial charge in [0.25, 0.3) is 0 Å². The number of likely N-dealkylation sites (tertiary alicyclic amines) is 1. The highest BCUT2D eigenvalue weighted by atomic mass is 16.5. The molecular formula is C32H47NO5. The highest BCUT2D eigenvalue weighted by Gasteiger charge is 2.63. The maximum atomic E-state index is 13.1. The van der Waals surface area contributed by atoms with Crippen molar-refractivity contribution in [1.29, 1.82) is 0 Å². The highest BCUT2D eigenvalue weighted by molar-refractivity contribution is 5.77. The normalized spacial score (nSPS) is 39.0. The van der Waals surface area contributed by atoms with E-state index in [0.29, 0.717) is 59.5 Å². The number of carbonyl (C=O) groups is 2. The Kier molecular flexibility index (Phi) is 7.23. The number of carbonyl (C=O) groups excluding carboxylic acids is 2. The molecule has 5 rings (SSSR count). The fraction of sp³-hybridized carbons (Fsp3) is 0.750. The van der Waals surface area contributed by atoms with Crippen LogP contribution in [0.2, 0.25) is 0 Å². The summed E-state index contributed by atoms with van der Waals surface area (Å²) in [7, 11) is 5.25. The summed E-state index contributed by atoms with van der Waals surface area (Å²) in [5.74, 6) is 4.36. The number of ether oxygens (including phenoxy) is 3. The number of piperidine rings is 1. The smallest absolute Gasteiger partial charge is 0.310 e. The van der Waals surface area contributed by atoms with Gasteiger partial charge in [-0.2, -0.15) is 0 Å². The first-order valence-electron chi connectivity index (χ1n) is 14.7. The topological polar surface area (TPSA) is 65.1 Å². The predicted octanol–water partition coefficient (Wildman–Crippen LogP) is 5.90. The minimum atomic E-state index is -0.180. The lowest BCUT2D eigenvalue weighted by Crippen LogP contribution is -2.61. The number of amides is 1. The van der Waals surface area contributed by atoms with Crippen LogP contribution in [0.15, 0.2) is 18.2 Å². The van der Waals surface area contributed by atoms with Crippen molar-refractivity contribution >= 4 is 11.9 Å².